The fourth-order valence-electron chi connectivity index (χ4n) is 12.4. The molecule has 0 radical (unpaired) electrons. The molecule has 0 unspecified atom stereocenters. The second-order valence-corrected chi connectivity index (χ2v) is 18.1. The maximum absolute atomic E-state index is 5.50. The molecule has 4 nitrogen and oxygen atoms in total. The normalized spacial score (nSPS) is 20.8. The third kappa shape index (κ3) is 5.23. The molecule has 4 bridgehead atoms. The third-order valence-corrected chi connectivity index (χ3v) is 14.5. The van der Waals surface area contributed by atoms with Crippen molar-refractivity contribution in [3.63, 3.8) is 0 Å². The number of fused-ring (bicyclic) bond motifs is 6. The minimum absolute atomic E-state index is 0.209. The van der Waals surface area contributed by atoms with Crippen LogP contribution in [0.5, 0.6) is 0 Å². The van der Waals surface area contributed by atoms with Crippen LogP contribution in [0.1, 0.15) is 44.1 Å². The van der Waals surface area contributed by atoms with E-state index in [2.05, 4.69) is 185 Å². The largest absolute Gasteiger partial charge is 0.309 e. The molecule has 3 aromatic heterocycles. The van der Waals surface area contributed by atoms with Gasteiger partial charge >= 0.3 is 0 Å². The van der Waals surface area contributed by atoms with E-state index >= 15 is 0 Å². The molecule has 0 aliphatic heterocycles. The van der Waals surface area contributed by atoms with Gasteiger partial charge in [-0.2, -0.15) is 0 Å². The molecule has 10 aromatic rings. The van der Waals surface area contributed by atoms with Crippen LogP contribution in [-0.2, 0) is 5.41 Å². The molecule has 0 amide bonds. The minimum atomic E-state index is 0.209. The highest BCUT2D eigenvalue weighted by Gasteiger charge is 2.52. The summed E-state index contributed by atoms with van der Waals surface area (Å²) >= 11 is 0. The lowest BCUT2D eigenvalue weighted by Crippen LogP contribution is -2.48. The van der Waals surface area contributed by atoms with Gasteiger partial charge in [0.05, 0.1) is 33.5 Å². The van der Waals surface area contributed by atoms with Crippen molar-refractivity contribution in [2.75, 3.05) is 0 Å². The summed E-state index contributed by atoms with van der Waals surface area (Å²) in [6.45, 7) is 0. The van der Waals surface area contributed by atoms with Crippen LogP contribution in [0.15, 0.2) is 176 Å². The van der Waals surface area contributed by atoms with E-state index in [0.717, 1.165) is 51.3 Å². The van der Waals surface area contributed by atoms with Crippen molar-refractivity contribution in [3.05, 3.63) is 181 Å². The summed E-state index contributed by atoms with van der Waals surface area (Å²) in [6.07, 6.45) is 8.19. The number of rotatable bonds is 6. The first kappa shape index (κ1) is 34.1. The van der Waals surface area contributed by atoms with Gasteiger partial charge in [-0.15, -0.1) is 0 Å². The van der Waals surface area contributed by atoms with Crippen LogP contribution in [0.25, 0.3) is 88.9 Å². The van der Waals surface area contributed by atoms with Gasteiger partial charge in [0, 0.05) is 38.4 Å². The lowest BCUT2D eigenvalue weighted by Gasteiger charge is -2.57. The molecular formula is C56H44N4. The molecule has 0 atom stereocenters. The van der Waals surface area contributed by atoms with Crippen molar-refractivity contribution in [1.82, 2.24) is 19.1 Å². The molecule has 14 rings (SSSR count). The van der Waals surface area contributed by atoms with Gasteiger partial charge in [-0.1, -0.05) is 127 Å². The quantitative estimate of drug-likeness (QED) is 0.169. The zero-order valence-electron chi connectivity index (χ0n) is 33.5. The van der Waals surface area contributed by atoms with Crippen molar-refractivity contribution < 1.29 is 0 Å². The Balaban J connectivity index is 1.04. The SMILES string of the molecule is c1ccc(-c2cc(-c3ccc(C45CC6CC(CC(C6)C4)C5)c(-c4cccc(-n5c6ccccc6c6ccccc65)c4)c3)nc(-n3c4ccccc4c4ccccc43)n2)cc1. The number of nitrogens with zero attached hydrogens (tertiary/aromatic N) is 4. The molecule has 7 aromatic carbocycles. The van der Waals surface area contributed by atoms with Crippen LogP contribution in [0, 0.1) is 17.8 Å². The van der Waals surface area contributed by atoms with Gasteiger partial charge in [0.15, 0.2) is 0 Å². The topological polar surface area (TPSA) is 35.6 Å². The van der Waals surface area contributed by atoms with Crippen LogP contribution in [0.4, 0.5) is 0 Å². The third-order valence-electron chi connectivity index (χ3n) is 14.5. The van der Waals surface area contributed by atoms with E-state index in [0.29, 0.717) is 5.95 Å². The molecule has 4 saturated carbocycles. The fourth-order valence-corrected chi connectivity index (χ4v) is 12.4. The van der Waals surface area contributed by atoms with Crippen molar-refractivity contribution in [2.45, 2.75) is 43.9 Å². The second kappa shape index (κ2) is 13.1. The van der Waals surface area contributed by atoms with Crippen LogP contribution < -0.4 is 0 Å². The maximum Gasteiger partial charge on any atom is 0.235 e. The van der Waals surface area contributed by atoms with E-state index in [9.17, 15) is 0 Å². The van der Waals surface area contributed by atoms with Crippen LogP contribution in [0.3, 0.4) is 0 Å². The van der Waals surface area contributed by atoms with Crippen molar-refractivity contribution in [2.24, 2.45) is 17.8 Å². The maximum atomic E-state index is 5.50. The predicted molar refractivity (Wildman–Crippen MR) is 247 cm³/mol. The van der Waals surface area contributed by atoms with Crippen molar-refractivity contribution in [1.29, 1.82) is 0 Å². The number of hydrogen-bond donors (Lipinski definition) is 0. The molecule has 4 heteroatoms. The smallest absolute Gasteiger partial charge is 0.235 e. The predicted octanol–water partition coefficient (Wildman–Crippen LogP) is 14.1. The van der Waals surface area contributed by atoms with Gasteiger partial charge < -0.3 is 4.57 Å². The molecule has 0 saturated heterocycles. The zero-order chi connectivity index (χ0) is 39.4. The summed E-state index contributed by atoms with van der Waals surface area (Å²) in [4.78, 5) is 10.8. The molecule has 4 aliphatic rings. The summed E-state index contributed by atoms with van der Waals surface area (Å²) in [5.41, 5.74) is 14.3. The fraction of sp³-hybridized carbons (Fsp3) is 0.179. The highest BCUT2D eigenvalue weighted by atomic mass is 15.2. The van der Waals surface area contributed by atoms with Crippen molar-refractivity contribution >= 4 is 43.6 Å². The Morgan fingerprint density at radius 1 is 0.400 bits per heavy atom. The van der Waals surface area contributed by atoms with E-state index in [1.165, 1.54) is 93.5 Å². The molecule has 3 heterocycles. The van der Waals surface area contributed by atoms with E-state index in [4.69, 9.17) is 9.97 Å². The van der Waals surface area contributed by atoms with E-state index in [1.54, 1.807) is 0 Å². The Morgan fingerprint density at radius 3 is 1.45 bits per heavy atom. The van der Waals surface area contributed by atoms with E-state index in [1.807, 2.05) is 0 Å². The second-order valence-electron chi connectivity index (χ2n) is 18.1. The van der Waals surface area contributed by atoms with E-state index < -0.39 is 0 Å². The van der Waals surface area contributed by atoms with Crippen LogP contribution >= 0.6 is 0 Å². The van der Waals surface area contributed by atoms with E-state index in [-0.39, 0.29) is 5.41 Å². The Hall–Kier alpha value is -6.78. The summed E-state index contributed by atoms with van der Waals surface area (Å²) < 4.78 is 4.71. The van der Waals surface area contributed by atoms with Gasteiger partial charge in [0.25, 0.3) is 0 Å². The summed E-state index contributed by atoms with van der Waals surface area (Å²) in [5.74, 6) is 3.22. The molecule has 4 aliphatic carbocycles. The number of benzene rings is 7. The lowest BCUT2D eigenvalue weighted by atomic mass is 9.47. The van der Waals surface area contributed by atoms with Gasteiger partial charge in [-0.05, 0) is 127 Å². The average Bonchev–Trinajstić information content (AvgIpc) is 3.82. The average molecular weight is 773 g/mol. The van der Waals surface area contributed by atoms with Crippen molar-refractivity contribution in [3.8, 4) is 45.3 Å². The Kier molecular flexibility index (Phi) is 7.46. The number of aromatic nitrogens is 4. The van der Waals surface area contributed by atoms with Gasteiger partial charge in [-0.25, -0.2) is 9.97 Å². The van der Waals surface area contributed by atoms with Gasteiger partial charge in [-0.3, -0.25) is 4.57 Å². The van der Waals surface area contributed by atoms with Crippen LogP contribution in [0.2, 0.25) is 0 Å². The molecule has 60 heavy (non-hydrogen) atoms. The first-order valence-corrected chi connectivity index (χ1v) is 21.8. The number of hydrogen-bond acceptors (Lipinski definition) is 2. The lowest BCUT2D eigenvalue weighted by molar-refractivity contribution is -0.00491. The Labute approximate surface area is 349 Å². The Bertz CT molecular complexity index is 3170. The molecule has 0 spiro atoms. The first-order chi connectivity index (χ1) is 29.7. The molecule has 0 N–H and O–H groups in total. The number of para-hydroxylation sites is 4. The molecule has 288 valence electrons. The Morgan fingerprint density at radius 2 is 0.883 bits per heavy atom. The standard InChI is InChI=1S/C56H44N4/c1-2-13-39(14-3-1)49-32-50(58-55(57-49)60-53-23-10-6-19-45(53)46-20-7-11-24-54(46)60)41-25-26-48(56-33-36-27-37(34-56)29-38(28-36)35-56)47(31-41)40-15-12-16-42(30-40)59-51-21-8-4-17-43(51)44-18-5-9-22-52(44)59/h1-26,30-32,36-38H,27-29,33-35H2. The van der Waals surface area contributed by atoms with Crippen LogP contribution in [-0.4, -0.2) is 19.1 Å². The molecule has 4 fully saturated rings. The molecular weight excluding hydrogens is 729 g/mol. The monoisotopic (exact) mass is 772 g/mol. The summed E-state index contributed by atoms with van der Waals surface area (Å²) in [5, 5.41) is 4.97. The highest BCUT2D eigenvalue weighted by molar-refractivity contribution is 6.10. The van der Waals surface area contributed by atoms with Gasteiger partial charge in [0.2, 0.25) is 5.95 Å². The van der Waals surface area contributed by atoms with Gasteiger partial charge in [0.1, 0.15) is 0 Å². The highest BCUT2D eigenvalue weighted by Crippen LogP contribution is 2.62. The first-order valence-electron chi connectivity index (χ1n) is 21.8. The zero-order valence-corrected chi connectivity index (χ0v) is 33.5. The minimum Gasteiger partial charge on any atom is -0.309 e. The summed E-state index contributed by atoms with van der Waals surface area (Å²) in [6, 6.07) is 64.4. The summed E-state index contributed by atoms with van der Waals surface area (Å²) in [7, 11) is 0.